The minimum Gasteiger partial charge on any atom is -0.872 e. The zero-order valence-electron chi connectivity index (χ0n) is 13.7. The van der Waals surface area contributed by atoms with E-state index in [0.717, 1.165) is 49.2 Å². The molecule has 5 nitrogen and oxygen atoms in total. The Balaban J connectivity index is 1.87. The molecule has 0 aromatic heterocycles. The molecule has 2 aliphatic heterocycles. The summed E-state index contributed by atoms with van der Waals surface area (Å²) in [5.74, 6) is -1.90. The number of ketones is 1. The lowest BCUT2D eigenvalue weighted by Gasteiger charge is -2.39. The number of carboxylic acids is 1. The van der Waals surface area contributed by atoms with Crippen LogP contribution in [-0.2, 0) is 12.8 Å². The van der Waals surface area contributed by atoms with Gasteiger partial charge in [0.15, 0.2) is 5.78 Å². The van der Waals surface area contributed by atoms with Gasteiger partial charge in [0.05, 0.1) is 5.56 Å². The molecule has 0 spiro atoms. The fraction of sp³-hybridized carbons (Fsp3) is 0.300. The van der Waals surface area contributed by atoms with Crippen molar-refractivity contribution in [2.45, 2.75) is 25.7 Å². The molecule has 2 aliphatic rings. The molecule has 0 bridgehead atoms. The Morgan fingerprint density at radius 1 is 1.00 bits per heavy atom. The third kappa shape index (κ3) is 2.47. The van der Waals surface area contributed by atoms with Gasteiger partial charge >= 0.3 is 5.97 Å². The van der Waals surface area contributed by atoms with Crippen molar-refractivity contribution in [3.63, 3.8) is 0 Å². The molecule has 0 radical (unpaired) electrons. The second kappa shape index (κ2) is 5.92. The highest BCUT2D eigenvalue weighted by Crippen LogP contribution is 2.41. The standard InChI is InChI=1S/C20H19NO4/c22-18(13-6-1-2-7-14(13)20(24)25)16-11-12-5-3-9-21-10-4-8-15(17(12)21)19(16)23/h1-2,6-7,11,23H,3-5,8-10H2,(H,24,25)/p-1. The third-order valence-electron chi connectivity index (χ3n) is 5.12. The van der Waals surface area contributed by atoms with Crippen molar-refractivity contribution in [1.82, 2.24) is 0 Å². The Bertz CT molecular complexity index is 886. The van der Waals surface area contributed by atoms with Crippen LogP contribution in [0.1, 0.15) is 50.2 Å². The van der Waals surface area contributed by atoms with E-state index in [9.17, 15) is 19.8 Å². The number of hydrogen-bond donors (Lipinski definition) is 1. The monoisotopic (exact) mass is 336 g/mol. The predicted molar refractivity (Wildman–Crippen MR) is 91.6 cm³/mol. The number of carbonyl (C=O) groups is 2. The molecule has 5 heteroatoms. The first-order valence-electron chi connectivity index (χ1n) is 8.55. The number of carboxylic acid groups (broad SMARTS) is 1. The Morgan fingerprint density at radius 3 is 2.40 bits per heavy atom. The maximum absolute atomic E-state index is 13.0. The van der Waals surface area contributed by atoms with Gasteiger partial charge in [0, 0.05) is 29.9 Å². The molecule has 25 heavy (non-hydrogen) atoms. The summed E-state index contributed by atoms with van der Waals surface area (Å²) in [5.41, 5.74) is 2.88. The van der Waals surface area contributed by atoms with Gasteiger partial charge in [-0.2, -0.15) is 0 Å². The second-order valence-corrected chi connectivity index (χ2v) is 6.61. The first-order chi connectivity index (χ1) is 12.1. The van der Waals surface area contributed by atoms with Crippen LogP contribution in [0.2, 0.25) is 0 Å². The number of aryl methyl sites for hydroxylation is 1. The van der Waals surface area contributed by atoms with Crippen molar-refractivity contribution in [2.24, 2.45) is 0 Å². The molecule has 0 saturated carbocycles. The molecule has 0 aliphatic carbocycles. The van der Waals surface area contributed by atoms with E-state index in [4.69, 9.17) is 0 Å². The Hall–Kier alpha value is -2.82. The highest BCUT2D eigenvalue weighted by atomic mass is 16.4. The number of rotatable bonds is 3. The summed E-state index contributed by atoms with van der Waals surface area (Å²) in [5, 5.41) is 22.3. The van der Waals surface area contributed by atoms with Crippen molar-refractivity contribution in [2.75, 3.05) is 18.0 Å². The largest absolute Gasteiger partial charge is 0.872 e. The Labute approximate surface area is 145 Å². The van der Waals surface area contributed by atoms with E-state index in [0.29, 0.717) is 6.42 Å². The molecule has 4 rings (SSSR count). The van der Waals surface area contributed by atoms with E-state index >= 15 is 0 Å². The van der Waals surface area contributed by atoms with Gasteiger partial charge in [-0.1, -0.05) is 23.9 Å². The predicted octanol–water partition coefficient (Wildman–Crippen LogP) is 2.39. The van der Waals surface area contributed by atoms with Crippen LogP contribution in [0.3, 0.4) is 0 Å². The lowest BCUT2D eigenvalue weighted by Crippen LogP contribution is -2.35. The van der Waals surface area contributed by atoms with Crippen molar-refractivity contribution in [3.05, 3.63) is 58.1 Å². The zero-order chi connectivity index (χ0) is 17.6. The van der Waals surface area contributed by atoms with Crippen molar-refractivity contribution in [1.29, 1.82) is 0 Å². The molecule has 0 saturated heterocycles. The summed E-state index contributed by atoms with van der Waals surface area (Å²) in [6, 6.07) is 7.76. The van der Waals surface area contributed by atoms with E-state index in [1.807, 2.05) is 0 Å². The minimum absolute atomic E-state index is 0.0695. The van der Waals surface area contributed by atoms with Gasteiger partial charge in [0.25, 0.3) is 0 Å². The summed E-state index contributed by atoms with van der Waals surface area (Å²) in [4.78, 5) is 26.6. The zero-order valence-corrected chi connectivity index (χ0v) is 13.7. The molecule has 1 N–H and O–H groups in total. The molecular formula is C20H18NO4-. The molecule has 2 aromatic carbocycles. The van der Waals surface area contributed by atoms with Crippen LogP contribution in [0.25, 0.3) is 0 Å². The molecule has 2 heterocycles. The average molecular weight is 336 g/mol. The number of hydrogen-bond acceptors (Lipinski definition) is 4. The molecule has 0 amide bonds. The summed E-state index contributed by atoms with van der Waals surface area (Å²) in [6.45, 7) is 1.91. The van der Waals surface area contributed by atoms with Gasteiger partial charge in [-0.15, -0.1) is 0 Å². The summed E-state index contributed by atoms with van der Waals surface area (Å²) >= 11 is 0. The van der Waals surface area contributed by atoms with E-state index in [1.165, 1.54) is 12.1 Å². The van der Waals surface area contributed by atoms with Crippen molar-refractivity contribution >= 4 is 17.4 Å². The van der Waals surface area contributed by atoms with Gasteiger partial charge in [-0.25, -0.2) is 4.79 Å². The summed E-state index contributed by atoms with van der Waals surface area (Å²) in [6.07, 6.45) is 3.44. The van der Waals surface area contributed by atoms with Crippen LogP contribution in [0, 0.1) is 0 Å². The van der Waals surface area contributed by atoms with Crippen LogP contribution in [-0.4, -0.2) is 29.9 Å². The maximum Gasteiger partial charge on any atom is 0.336 e. The van der Waals surface area contributed by atoms with Gasteiger partial charge in [0.2, 0.25) is 0 Å². The smallest absolute Gasteiger partial charge is 0.336 e. The van der Waals surface area contributed by atoms with E-state index in [2.05, 4.69) is 4.90 Å². The Kier molecular flexibility index (Phi) is 3.71. The minimum atomic E-state index is -1.16. The molecule has 0 unspecified atom stereocenters. The summed E-state index contributed by atoms with van der Waals surface area (Å²) < 4.78 is 0. The molecule has 128 valence electrons. The van der Waals surface area contributed by atoms with Crippen molar-refractivity contribution in [3.8, 4) is 5.75 Å². The normalized spacial score (nSPS) is 15.6. The first-order valence-corrected chi connectivity index (χ1v) is 8.55. The number of nitrogens with zero attached hydrogens (tertiary/aromatic N) is 1. The van der Waals surface area contributed by atoms with Crippen molar-refractivity contribution < 1.29 is 19.8 Å². The maximum atomic E-state index is 13.0. The topological polar surface area (TPSA) is 80.7 Å². The number of anilines is 1. The lowest BCUT2D eigenvalue weighted by atomic mass is 9.86. The van der Waals surface area contributed by atoms with Gasteiger partial charge in [0.1, 0.15) is 0 Å². The quantitative estimate of drug-likeness (QED) is 0.871. The number of benzene rings is 2. The van der Waals surface area contributed by atoms with Crippen LogP contribution in [0.5, 0.6) is 5.75 Å². The molecule has 2 aromatic rings. The molecular weight excluding hydrogens is 318 g/mol. The van der Waals surface area contributed by atoms with Crippen LogP contribution in [0.4, 0.5) is 5.69 Å². The van der Waals surface area contributed by atoms with Crippen LogP contribution < -0.4 is 10.0 Å². The van der Waals surface area contributed by atoms with E-state index < -0.39 is 11.8 Å². The first kappa shape index (κ1) is 15.7. The third-order valence-corrected chi connectivity index (χ3v) is 5.12. The molecule has 0 fully saturated rings. The fourth-order valence-electron chi connectivity index (χ4n) is 4.01. The van der Waals surface area contributed by atoms with Crippen LogP contribution in [0.15, 0.2) is 30.3 Å². The second-order valence-electron chi connectivity index (χ2n) is 6.61. The molecule has 0 atom stereocenters. The van der Waals surface area contributed by atoms with E-state index in [-0.39, 0.29) is 22.4 Å². The average Bonchev–Trinajstić information content (AvgIpc) is 2.64. The van der Waals surface area contributed by atoms with Gasteiger partial charge < -0.3 is 15.1 Å². The summed E-state index contributed by atoms with van der Waals surface area (Å²) in [7, 11) is 0. The van der Waals surface area contributed by atoms with Gasteiger partial charge in [-0.05, 0) is 48.9 Å². The highest BCUT2D eigenvalue weighted by molar-refractivity contribution is 6.16. The Morgan fingerprint density at radius 2 is 1.68 bits per heavy atom. The van der Waals surface area contributed by atoms with Gasteiger partial charge in [-0.3, -0.25) is 4.79 Å². The number of carbonyl (C=O) groups excluding carboxylic acids is 1. The lowest BCUT2D eigenvalue weighted by molar-refractivity contribution is -0.269. The number of aromatic carboxylic acids is 1. The van der Waals surface area contributed by atoms with E-state index in [1.54, 1.807) is 18.2 Å². The SMILES string of the molecule is O=C(O)c1ccccc1C(=O)c1cc2c3c(c1[O-])CCCN3CCC2. The fourth-order valence-corrected chi connectivity index (χ4v) is 4.01. The van der Waals surface area contributed by atoms with Crippen LogP contribution >= 0.6 is 0 Å². The highest BCUT2D eigenvalue weighted by Gasteiger charge is 2.27.